The van der Waals surface area contributed by atoms with Crippen LogP contribution in [-0.2, 0) is 6.42 Å². The Labute approximate surface area is 97.1 Å². The Hall–Kier alpha value is -0.630. The fourth-order valence-corrected chi connectivity index (χ4v) is 1.54. The summed E-state index contributed by atoms with van der Waals surface area (Å²) in [4.78, 5) is 8.78. The predicted molar refractivity (Wildman–Crippen MR) is 64.3 cm³/mol. The molecule has 0 unspecified atom stereocenters. The Bertz CT molecular complexity index is 340. The van der Waals surface area contributed by atoms with E-state index in [4.69, 9.17) is 11.6 Å². The molecule has 15 heavy (non-hydrogen) atoms. The first-order valence-corrected chi connectivity index (χ1v) is 5.69. The van der Waals surface area contributed by atoms with Gasteiger partial charge in [0.15, 0.2) is 0 Å². The van der Waals surface area contributed by atoms with Crippen molar-refractivity contribution in [1.29, 1.82) is 0 Å². The molecular weight excluding hydrogens is 208 g/mol. The molecule has 0 amide bonds. The second-order valence-electron chi connectivity index (χ2n) is 5.42. The van der Waals surface area contributed by atoms with Crippen LogP contribution in [0.3, 0.4) is 0 Å². The van der Waals surface area contributed by atoms with E-state index in [1.54, 1.807) is 0 Å². The highest BCUT2D eigenvalue weighted by atomic mass is 35.5. The SMILES string of the molecule is CC(C)c1cc(Cl)nc(CC(C)(C)C)n1. The van der Waals surface area contributed by atoms with Gasteiger partial charge in [-0.25, -0.2) is 9.97 Å². The number of hydrogen-bond donors (Lipinski definition) is 0. The maximum atomic E-state index is 5.97. The molecule has 84 valence electrons. The average Bonchev–Trinajstić information content (AvgIpc) is 1.99. The number of nitrogens with zero attached hydrogens (tertiary/aromatic N) is 2. The summed E-state index contributed by atoms with van der Waals surface area (Å²) in [5.41, 5.74) is 1.22. The molecule has 0 spiro atoms. The molecule has 0 fully saturated rings. The monoisotopic (exact) mass is 226 g/mol. The lowest BCUT2D eigenvalue weighted by atomic mass is 9.92. The molecule has 2 nitrogen and oxygen atoms in total. The number of rotatable bonds is 2. The third-order valence-corrected chi connectivity index (χ3v) is 2.23. The summed E-state index contributed by atoms with van der Waals surface area (Å²) < 4.78 is 0. The second-order valence-corrected chi connectivity index (χ2v) is 5.81. The van der Waals surface area contributed by atoms with Crippen molar-refractivity contribution in [3.63, 3.8) is 0 Å². The first-order valence-electron chi connectivity index (χ1n) is 5.31. The van der Waals surface area contributed by atoms with Crippen LogP contribution >= 0.6 is 11.6 Å². The summed E-state index contributed by atoms with van der Waals surface area (Å²) >= 11 is 5.97. The van der Waals surface area contributed by atoms with Crippen LogP contribution in [0.4, 0.5) is 0 Å². The van der Waals surface area contributed by atoms with Crippen molar-refractivity contribution in [3.8, 4) is 0 Å². The Morgan fingerprint density at radius 2 is 1.87 bits per heavy atom. The summed E-state index contributed by atoms with van der Waals surface area (Å²) in [5, 5.41) is 0.549. The van der Waals surface area contributed by atoms with Crippen LogP contribution in [0.2, 0.25) is 5.15 Å². The highest BCUT2D eigenvalue weighted by Crippen LogP contribution is 2.21. The van der Waals surface area contributed by atoms with Crippen LogP contribution < -0.4 is 0 Å². The Morgan fingerprint density at radius 1 is 1.27 bits per heavy atom. The van der Waals surface area contributed by atoms with E-state index >= 15 is 0 Å². The van der Waals surface area contributed by atoms with E-state index in [2.05, 4.69) is 44.6 Å². The molecule has 0 aliphatic carbocycles. The third kappa shape index (κ3) is 4.17. The average molecular weight is 227 g/mol. The second kappa shape index (κ2) is 4.48. The van der Waals surface area contributed by atoms with Gasteiger partial charge < -0.3 is 0 Å². The molecule has 1 aromatic rings. The molecule has 0 radical (unpaired) electrons. The van der Waals surface area contributed by atoms with Crippen molar-refractivity contribution < 1.29 is 0 Å². The van der Waals surface area contributed by atoms with Crippen LogP contribution in [-0.4, -0.2) is 9.97 Å². The van der Waals surface area contributed by atoms with Gasteiger partial charge in [0, 0.05) is 12.1 Å². The Balaban J connectivity index is 2.99. The molecule has 1 rings (SSSR count). The van der Waals surface area contributed by atoms with E-state index in [1.165, 1.54) is 0 Å². The highest BCUT2D eigenvalue weighted by Gasteiger charge is 2.15. The number of hydrogen-bond acceptors (Lipinski definition) is 2. The topological polar surface area (TPSA) is 25.8 Å². The van der Waals surface area contributed by atoms with Crippen molar-refractivity contribution in [1.82, 2.24) is 9.97 Å². The summed E-state index contributed by atoms with van der Waals surface area (Å²) in [6.07, 6.45) is 0.854. The van der Waals surface area contributed by atoms with Gasteiger partial charge in [0.2, 0.25) is 0 Å². The lowest BCUT2D eigenvalue weighted by molar-refractivity contribution is 0.399. The molecular formula is C12H19ClN2. The molecule has 0 bridgehead atoms. The van der Waals surface area contributed by atoms with Gasteiger partial charge in [-0.15, -0.1) is 0 Å². The van der Waals surface area contributed by atoms with Crippen molar-refractivity contribution in [2.24, 2.45) is 5.41 Å². The van der Waals surface area contributed by atoms with E-state index in [0.717, 1.165) is 17.9 Å². The van der Waals surface area contributed by atoms with Gasteiger partial charge in [0.25, 0.3) is 0 Å². The van der Waals surface area contributed by atoms with Crippen LogP contribution in [0.25, 0.3) is 0 Å². The van der Waals surface area contributed by atoms with Crippen molar-refractivity contribution in [2.75, 3.05) is 0 Å². The lowest BCUT2D eigenvalue weighted by Crippen LogP contribution is -2.13. The van der Waals surface area contributed by atoms with Crippen LogP contribution in [0.1, 0.15) is 52.1 Å². The molecule has 0 aromatic carbocycles. The fraction of sp³-hybridized carbons (Fsp3) is 0.667. The molecule has 1 heterocycles. The summed E-state index contributed by atoms with van der Waals surface area (Å²) in [5.74, 6) is 1.24. The maximum absolute atomic E-state index is 5.97. The smallest absolute Gasteiger partial charge is 0.133 e. The van der Waals surface area contributed by atoms with E-state index in [-0.39, 0.29) is 5.41 Å². The summed E-state index contributed by atoms with van der Waals surface area (Å²) in [7, 11) is 0. The lowest BCUT2D eigenvalue weighted by Gasteiger charge is -2.17. The van der Waals surface area contributed by atoms with Crippen LogP contribution in [0.5, 0.6) is 0 Å². The minimum Gasteiger partial charge on any atom is -0.238 e. The van der Waals surface area contributed by atoms with Crippen LogP contribution in [0, 0.1) is 5.41 Å². The van der Waals surface area contributed by atoms with Gasteiger partial charge in [0.1, 0.15) is 11.0 Å². The zero-order chi connectivity index (χ0) is 11.6. The van der Waals surface area contributed by atoms with E-state index in [1.807, 2.05) is 6.07 Å². The van der Waals surface area contributed by atoms with Gasteiger partial charge in [-0.2, -0.15) is 0 Å². The molecule has 0 N–H and O–H groups in total. The molecule has 1 aromatic heterocycles. The highest BCUT2D eigenvalue weighted by molar-refractivity contribution is 6.29. The van der Waals surface area contributed by atoms with Crippen molar-refractivity contribution in [2.45, 2.75) is 47.0 Å². The Kier molecular flexibility index (Phi) is 3.72. The zero-order valence-corrected chi connectivity index (χ0v) is 10.9. The fourth-order valence-electron chi connectivity index (χ4n) is 1.33. The van der Waals surface area contributed by atoms with Gasteiger partial charge in [0.05, 0.1) is 0 Å². The Morgan fingerprint density at radius 3 is 2.33 bits per heavy atom. The first-order chi connectivity index (χ1) is 6.78. The van der Waals surface area contributed by atoms with Gasteiger partial charge in [-0.3, -0.25) is 0 Å². The van der Waals surface area contributed by atoms with Crippen molar-refractivity contribution >= 4 is 11.6 Å². The van der Waals surface area contributed by atoms with E-state index < -0.39 is 0 Å². The van der Waals surface area contributed by atoms with E-state index in [0.29, 0.717) is 11.1 Å². The third-order valence-electron chi connectivity index (χ3n) is 2.04. The molecule has 0 aliphatic rings. The van der Waals surface area contributed by atoms with Gasteiger partial charge in [-0.1, -0.05) is 46.2 Å². The largest absolute Gasteiger partial charge is 0.238 e. The van der Waals surface area contributed by atoms with Gasteiger partial charge >= 0.3 is 0 Å². The summed E-state index contributed by atoms with van der Waals surface area (Å²) in [6.45, 7) is 10.7. The van der Waals surface area contributed by atoms with E-state index in [9.17, 15) is 0 Å². The standard InChI is InChI=1S/C12H19ClN2/c1-8(2)9-6-10(13)15-11(14-9)7-12(3,4)5/h6,8H,7H2,1-5H3. The molecule has 3 heteroatoms. The molecule has 0 atom stereocenters. The van der Waals surface area contributed by atoms with Crippen LogP contribution in [0.15, 0.2) is 6.07 Å². The first kappa shape index (κ1) is 12.4. The maximum Gasteiger partial charge on any atom is 0.133 e. The van der Waals surface area contributed by atoms with Gasteiger partial charge in [-0.05, 0) is 17.4 Å². The quantitative estimate of drug-likeness (QED) is 0.716. The summed E-state index contributed by atoms with van der Waals surface area (Å²) in [6, 6.07) is 1.85. The molecule has 0 saturated heterocycles. The normalized spacial score (nSPS) is 12.2. The predicted octanol–water partition coefficient (Wildman–Crippen LogP) is 3.84. The zero-order valence-electron chi connectivity index (χ0n) is 10.1. The number of aromatic nitrogens is 2. The minimum atomic E-state index is 0.193. The molecule has 0 saturated carbocycles. The molecule has 0 aliphatic heterocycles. The number of halogens is 1. The van der Waals surface area contributed by atoms with Crippen molar-refractivity contribution in [3.05, 3.63) is 22.7 Å². The minimum absolute atomic E-state index is 0.193.